The highest BCUT2D eigenvalue weighted by Gasteiger charge is 2.58. The van der Waals surface area contributed by atoms with Crippen molar-refractivity contribution >= 4 is 40.1 Å². The Balaban J connectivity index is 1.44. The fourth-order valence-electron chi connectivity index (χ4n) is 7.45. The molecule has 0 fully saturated rings. The smallest absolute Gasteiger partial charge is 0.167 e. The van der Waals surface area contributed by atoms with Crippen molar-refractivity contribution in [1.82, 2.24) is 15.0 Å². The quantitative estimate of drug-likeness (QED) is 0.200. The number of hydrogen-bond donors (Lipinski definition) is 1. The number of thiol groups is 1. The fourth-order valence-corrected chi connectivity index (χ4v) is 7.69. The molecule has 2 atom stereocenters. The second kappa shape index (κ2) is 10.0. The number of rotatable bonds is 4. The lowest BCUT2D eigenvalue weighted by Crippen LogP contribution is -2.46. The third kappa shape index (κ3) is 4.10. The maximum absolute atomic E-state index is 6.46. The van der Waals surface area contributed by atoms with E-state index in [0.29, 0.717) is 23.4 Å². The fraction of sp³-hybridized carbons (Fsp3) is 0.244. The van der Waals surface area contributed by atoms with Crippen LogP contribution < -0.4 is 0 Å². The van der Waals surface area contributed by atoms with Crippen LogP contribution in [0.2, 0.25) is 0 Å². The van der Waals surface area contributed by atoms with Crippen molar-refractivity contribution in [2.45, 2.75) is 57.1 Å². The summed E-state index contributed by atoms with van der Waals surface area (Å²) in [6.45, 7) is 13.7. The normalized spacial score (nSPS) is 21.2. The molecule has 6 aromatic rings. The molecule has 0 saturated heterocycles. The first-order chi connectivity index (χ1) is 22.0. The first-order valence-corrected chi connectivity index (χ1v) is 16.5. The van der Waals surface area contributed by atoms with E-state index in [1.165, 1.54) is 11.1 Å². The third-order valence-electron chi connectivity index (χ3n) is 10.8. The van der Waals surface area contributed by atoms with Gasteiger partial charge in [-0.05, 0) is 59.4 Å². The molecule has 2 aromatic heterocycles. The van der Waals surface area contributed by atoms with E-state index in [9.17, 15) is 0 Å². The zero-order valence-corrected chi connectivity index (χ0v) is 28.0. The van der Waals surface area contributed by atoms with Gasteiger partial charge in [0, 0.05) is 37.5 Å². The van der Waals surface area contributed by atoms with Gasteiger partial charge in [0.25, 0.3) is 0 Å². The maximum atomic E-state index is 6.46. The molecular formula is C41H37N3OS. The van der Waals surface area contributed by atoms with Crippen LogP contribution in [0.3, 0.4) is 0 Å². The second-order valence-corrected chi connectivity index (χ2v) is 15.0. The van der Waals surface area contributed by atoms with Crippen molar-refractivity contribution in [3.05, 3.63) is 120 Å². The van der Waals surface area contributed by atoms with Gasteiger partial charge in [0.1, 0.15) is 11.2 Å². The Labute approximate surface area is 275 Å². The van der Waals surface area contributed by atoms with E-state index in [1.807, 2.05) is 24.3 Å². The number of aromatic nitrogens is 3. The van der Waals surface area contributed by atoms with Gasteiger partial charge < -0.3 is 4.42 Å². The van der Waals surface area contributed by atoms with Crippen LogP contribution >= 0.6 is 12.6 Å². The van der Waals surface area contributed by atoms with Crippen molar-refractivity contribution < 1.29 is 4.42 Å². The largest absolute Gasteiger partial charge is 0.455 e. The zero-order valence-electron chi connectivity index (χ0n) is 27.1. The molecule has 0 N–H and O–H groups in total. The summed E-state index contributed by atoms with van der Waals surface area (Å²) in [4.78, 5) is 15.6. The number of benzene rings is 4. The minimum Gasteiger partial charge on any atom is -0.455 e. The number of fused-ring (bicyclic) bond motifs is 4. The molecule has 0 amide bonds. The summed E-state index contributed by atoms with van der Waals surface area (Å²) < 4.78 is 6.17. The molecule has 0 radical (unpaired) electrons. The molecule has 46 heavy (non-hydrogen) atoms. The molecule has 8 rings (SSSR count). The molecule has 0 spiro atoms. The molecule has 0 aliphatic heterocycles. The van der Waals surface area contributed by atoms with Crippen LogP contribution in [0.5, 0.6) is 0 Å². The van der Waals surface area contributed by atoms with E-state index in [4.69, 9.17) is 32.0 Å². The molecule has 228 valence electrons. The van der Waals surface area contributed by atoms with E-state index in [0.717, 1.165) is 49.8 Å². The summed E-state index contributed by atoms with van der Waals surface area (Å²) in [6.07, 6.45) is 6.51. The molecule has 4 aromatic carbocycles. The molecule has 0 saturated carbocycles. The monoisotopic (exact) mass is 619 g/mol. The number of hydrogen-bond acceptors (Lipinski definition) is 5. The Bertz CT molecular complexity index is 2260. The average molecular weight is 620 g/mol. The number of nitrogens with zero attached hydrogens (tertiary/aromatic N) is 3. The topological polar surface area (TPSA) is 51.8 Å². The summed E-state index contributed by atoms with van der Waals surface area (Å²) in [5.41, 5.74) is 8.90. The van der Waals surface area contributed by atoms with Gasteiger partial charge in [0.05, 0.1) is 5.56 Å². The van der Waals surface area contributed by atoms with Crippen LogP contribution in [0.1, 0.15) is 58.5 Å². The molecule has 5 heteroatoms. The van der Waals surface area contributed by atoms with Crippen molar-refractivity contribution in [3.8, 4) is 33.9 Å². The molecule has 0 bridgehead atoms. The summed E-state index contributed by atoms with van der Waals surface area (Å²) in [5, 5.41) is 2.12. The molecule has 2 unspecified atom stereocenters. The zero-order chi connectivity index (χ0) is 32.0. The van der Waals surface area contributed by atoms with Crippen LogP contribution in [-0.4, -0.2) is 19.7 Å². The van der Waals surface area contributed by atoms with Gasteiger partial charge in [0.2, 0.25) is 0 Å². The van der Waals surface area contributed by atoms with E-state index in [2.05, 4.69) is 120 Å². The van der Waals surface area contributed by atoms with E-state index in [-0.39, 0.29) is 15.6 Å². The summed E-state index contributed by atoms with van der Waals surface area (Å²) in [5.74, 6) is 2.21. The Hall–Kier alpha value is -4.48. The van der Waals surface area contributed by atoms with Crippen LogP contribution in [-0.2, 0) is 10.8 Å². The van der Waals surface area contributed by atoms with Crippen LogP contribution in [0, 0.1) is 5.92 Å². The van der Waals surface area contributed by atoms with Gasteiger partial charge in [-0.3, -0.25) is 0 Å². The lowest BCUT2D eigenvalue weighted by molar-refractivity contribution is 0.309. The Kier molecular flexibility index (Phi) is 6.30. The van der Waals surface area contributed by atoms with Gasteiger partial charge in [-0.25, -0.2) is 15.0 Å². The highest BCUT2D eigenvalue weighted by atomic mass is 32.1. The second-order valence-electron chi connectivity index (χ2n) is 14.1. The highest BCUT2D eigenvalue weighted by Crippen LogP contribution is 2.60. The third-order valence-corrected chi connectivity index (χ3v) is 11.9. The maximum Gasteiger partial charge on any atom is 0.167 e. The summed E-state index contributed by atoms with van der Waals surface area (Å²) in [6, 6.07) is 29.6. The van der Waals surface area contributed by atoms with E-state index in [1.54, 1.807) is 0 Å². The predicted molar refractivity (Wildman–Crippen MR) is 193 cm³/mol. The van der Waals surface area contributed by atoms with Crippen LogP contribution in [0.25, 0.3) is 61.4 Å². The minimum absolute atomic E-state index is 0.168. The minimum atomic E-state index is -0.281. The molecule has 4 nitrogen and oxygen atoms in total. The predicted octanol–water partition coefficient (Wildman–Crippen LogP) is 10.6. The van der Waals surface area contributed by atoms with Crippen LogP contribution in [0.4, 0.5) is 0 Å². The lowest BCUT2D eigenvalue weighted by Gasteiger charge is -2.43. The first kappa shape index (κ1) is 29.0. The van der Waals surface area contributed by atoms with Crippen molar-refractivity contribution in [2.75, 3.05) is 0 Å². The SMILES string of the molecule is CC1C=CC(c2nc(-c3cc4c(cc3-c3ccccc3)C(C)(C)C(C)(S)C4(C)C)nc(-c3cccc4c3oc3ccccc34)n2)=C1. The Morgan fingerprint density at radius 1 is 0.652 bits per heavy atom. The van der Waals surface area contributed by atoms with Gasteiger partial charge in [-0.1, -0.05) is 114 Å². The van der Waals surface area contributed by atoms with Crippen molar-refractivity contribution in [3.63, 3.8) is 0 Å². The van der Waals surface area contributed by atoms with Gasteiger partial charge in [0.15, 0.2) is 17.5 Å². The average Bonchev–Trinajstić information content (AvgIpc) is 3.69. The standard InChI is InChI=1S/C41H37N3OS/c1-24-19-20-26(21-24)36-42-37(29-17-12-16-28-27-15-10-11-18-34(27)45-35(28)29)44-38(43-36)31-23-33-32(22-30(31)25-13-8-7-9-14-25)39(2,3)41(6,46)40(33,4)5/h7-24,46H,1-6H3. The van der Waals surface area contributed by atoms with Gasteiger partial charge >= 0.3 is 0 Å². The lowest BCUT2D eigenvalue weighted by atomic mass is 9.70. The van der Waals surface area contributed by atoms with Crippen molar-refractivity contribution in [1.29, 1.82) is 0 Å². The molecule has 2 heterocycles. The van der Waals surface area contributed by atoms with E-state index >= 15 is 0 Å². The highest BCUT2D eigenvalue weighted by molar-refractivity contribution is 7.82. The summed E-state index contributed by atoms with van der Waals surface area (Å²) in [7, 11) is 0. The molecular weight excluding hydrogens is 583 g/mol. The molecule has 2 aliphatic rings. The number of allylic oxidation sites excluding steroid dienone is 4. The molecule has 2 aliphatic carbocycles. The summed E-state index contributed by atoms with van der Waals surface area (Å²) >= 11 is 5.33. The van der Waals surface area contributed by atoms with Gasteiger partial charge in [-0.15, -0.1) is 0 Å². The Morgan fingerprint density at radius 3 is 1.96 bits per heavy atom. The number of furan rings is 1. The number of para-hydroxylation sites is 2. The van der Waals surface area contributed by atoms with Crippen molar-refractivity contribution in [2.24, 2.45) is 5.92 Å². The van der Waals surface area contributed by atoms with Gasteiger partial charge in [-0.2, -0.15) is 12.6 Å². The Morgan fingerprint density at radius 2 is 1.26 bits per heavy atom. The van der Waals surface area contributed by atoms with E-state index < -0.39 is 0 Å². The van der Waals surface area contributed by atoms with Crippen LogP contribution in [0.15, 0.2) is 108 Å². The first-order valence-electron chi connectivity index (χ1n) is 16.0.